The van der Waals surface area contributed by atoms with Gasteiger partial charge in [-0.1, -0.05) is 25.1 Å². The molecule has 0 saturated carbocycles. The highest BCUT2D eigenvalue weighted by Gasteiger charge is 2.20. The second-order valence-electron chi connectivity index (χ2n) is 6.24. The average Bonchev–Trinajstić information content (AvgIpc) is 3.03. The van der Waals surface area contributed by atoms with Gasteiger partial charge < -0.3 is 9.72 Å². The lowest BCUT2D eigenvalue weighted by Gasteiger charge is -2.01. The van der Waals surface area contributed by atoms with Gasteiger partial charge in [0.25, 0.3) is 11.2 Å². The fourth-order valence-electron chi connectivity index (χ4n) is 2.96. The molecular weight excluding hydrogens is 394 g/mol. The topological polar surface area (TPSA) is 115 Å². The van der Waals surface area contributed by atoms with E-state index in [4.69, 9.17) is 4.74 Å². The number of hydrogen-bond acceptors (Lipinski definition) is 7. The molecule has 0 amide bonds. The highest BCUT2D eigenvalue weighted by Crippen LogP contribution is 2.28. The van der Waals surface area contributed by atoms with Crippen LogP contribution in [0.2, 0.25) is 0 Å². The van der Waals surface area contributed by atoms with Gasteiger partial charge in [0.05, 0.1) is 16.9 Å². The summed E-state index contributed by atoms with van der Waals surface area (Å²) < 4.78 is 5.03. The van der Waals surface area contributed by atoms with Gasteiger partial charge in [0, 0.05) is 11.6 Å². The van der Waals surface area contributed by atoms with Crippen LogP contribution < -0.4 is 5.56 Å². The lowest BCUT2D eigenvalue weighted by molar-refractivity contribution is -0.385. The van der Waals surface area contributed by atoms with Crippen molar-refractivity contribution in [1.82, 2.24) is 9.97 Å². The molecule has 0 fully saturated rings. The van der Waals surface area contributed by atoms with Gasteiger partial charge in [0.1, 0.15) is 15.5 Å². The lowest BCUT2D eigenvalue weighted by Crippen LogP contribution is -2.10. The van der Waals surface area contributed by atoms with Crippen LogP contribution in [0.5, 0.6) is 0 Å². The third kappa shape index (κ3) is 4.09. The van der Waals surface area contributed by atoms with Crippen LogP contribution in [0, 0.1) is 17.0 Å². The Balaban J connectivity index is 1.99. The highest BCUT2D eigenvalue weighted by atomic mass is 32.1. The Morgan fingerprint density at radius 1 is 1.34 bits per heavy atom. The van der Waals surface area contributed by atoms with Gasteiger partial charge in [-0.2, -0.15) is 0 Å². The third-order valence-electron chi connectivity index (χ3n) is 4.40. The number of aromatic amines is 1. The van der Waals surface area contributed by atoms with Crippen molar-refractivity contribution in [3.05, 3.63) is 66.1 Å². The molecule has 0 aliphatic heterocycles. The SMILES string of the molecule is CCOC(=O)c1sc2nc(/C=C/c3ccc(CC)c([N+](=O)[O-])c3)[nH]c(=O)c2c1C. The first-order chi connectivity index (χ1) is 13.8. The molecule has 2 aromatic heterocycles. The average molecular weight is 413 g/mol. The predicted octanol–water partition coefficient (Wildman–Crippen LogP) is 4.11. The molecule has 0 aliphatic rings. The molecule has 0 spiro atoms. The summed E-state index contributed by atoms with van der Waals surface area (Å²) in [5.41, 5.74) is 1.51. The van der Waals surface area contributed by atoms with Crippen LogP contribution >= 0.6 is 11.3 Å². The zero-order chi connectivity index (χ0) is 21.1. The Labute approximate surface area is 170 Å². The first-order valence-corrected chi connectivity index (χ1v) is 9.83. The smallest absolute Gasteiger partial charge is 0.348 e. The Morgan fingerprint density at radius 2 is 2.10 bits per heavy atom. The number of esters is 1. The molecule has 1 aromatic carbocycles. The summed E-state index contributed by atoms with van der Waals surface area (Å²) in [6, 6.07) is 4.97. The Bertz CT molecular complexity index is 1190. The highest BCUT2D eigenvalue weighted by molar-refractivity contribution is 7.20. The van der Waals surface area contributed by atoms with Crippen LogP contribution in [0.25, 0.3) is 22.4 Å². The molecule has 150 valence electrons. The van der Waals surface area contributed by atoms with Gasteiger partial charge in [-0.15, -0.1) is 11.3 Å². The number of nitro groups is 1. The van der Waals surface area contributed by atoms with Crippen LogP contribution in [0.15, 0.2) is 23.0 Å². The molecule has 0 unspecified atom stereocenters. The molecule has 8 nitrogen and oxygen atoms in total. The van der Waals surface area contributed by atoms with Crippen LogP contribution in [0.1, 0.15) is 46.0 Å². The van der Waals surface area contributed by atoms with E-state index in [1.54, 1.807) is 38.1 Å². The summed E-state index contributed by atoms with van der Waals surface area (Å²) in [5, 5.41) is 11.6. The molecule has 3 aromatic rings. The summed E-state index contributed by atoms with van der Waals surface area (Å²) >= 11 is 1.10. The Morgan fingerprint density at radius 3 is 2.76 bits per heavy atom. The largest absolute Gasteiger partial charge is 0.462 e. The summed E-state index contributed by atoms with van der Waals surface area (Å²) in [4.78, 5) is 43.2. The van der Waals surface area contributed by atoms with E-state index >= 15 is 0 Å². The number of aryl methyl sites for hydroxylation is 2. The van der Waals surface area contributed by atoms with Crippen LogP contribution in [0.3, 0.4) is 0 Å². The number of H-pyrrole nitrogens is 1. The maximum absolute atomic E-state index is 12.5. The monoisotopic (exact) mass is 413 g/mol. The van der Waals surface area contributed by atoms with Crippen molar-refractivity contribution in [1.29, 1.82) is 0 Å². The number of carbonyl (C=O) groups is 1. The number of nitro benzene ring substituents is 1. The van der Waals surface area contributed by atoms with Crippen LogP contribution in [-0.4, -0.2) is 27.5 Å². The number of ether oxygens (including phenoxy) is 1. The van der Waals surface area contributed by atoms with E-state index in [2.05, 4.69) is 9.97 Å². The normalized spacial score (nSPS) is 11.3. The van der Waals surface area contributed by atoms with Crippen LogP contribution in [-0.2, 0) is 11.2 Å². The standard InChI is InChI=1S/C20H19N3O5S/c1-4-13-8-6-12(10-14(13)23(26)27)7-9-15-21-18(24)16-11(3)17(20(25)28-5-2)29-19(16)22-15/h6-10H,4-5H2,1-3H3,(H,21,22,24)/b9-7+. The summed E-state index contributed by atoms with van der Waals surface area (Å²) in [5.74, 6) is -0.186. The fraction of sp³-hybridized carbons (Fsp3) is 0.250. The molecule has 9 heteroatoms. The minimum atomic E-state index is -0.479. The number of benzene rings is 1. The maximum Gasteiger partial charge on any atom is 0.348 e. The zero-order valence-corrected chi connectivity index (χ0v) is 17.0. The molecule has 29 heavy (non-hydrogen) atoms. The molecule has 3 rings (SSSR count). The van der Waals surface area contributed by atoms with Gasteiger partial charge in [0.15, 0.2) is 0 Å². The fourth-order valence-corrected chi connectivity index (χ4v) is 4.04. The maximum atomic E-state index is 12.5. The van der Waals surface area contributed by atoms with E-state index in [-0.39, 0.29) is 17.9 Å². The number of rotatable bonds is 6. The number of hydrogen-bond donors (Lipinski definition) is 1. The molecule has 1 N–H and O–H groups in total. The van der Waals surface area contributed by atoms with Crippen molar-refractivity contribution < 1.29 is 14.5 Å². The van der Waals surface area contributed by atoms with E-state index in [9.17, 15) is 19.7 Å². The molecule has 0 radical (unpaired) electrons. The summed E-state index contributed by atoms with van der Waals surface area (Å²) in [6.45, 7) is 5.50. The van der Waals surface area contributed by atoms with Gasteiger partial charge in [0.2, 0.25) is 0 Å². The van der Waals surface area contributed by atoms with Gasteiger partial charge >= 0.3 is 5.97 Å². The number of aromatic nitrogens is 2. The molecular formula is C20H19N3O5S. The van der Waals surface area contributed by atoms with Gasteiger partial charge in [-0.05, 0) is 37.5 Å². The Hall–Kier alpha value is -3.33. The van der Waals surface area contributed by atoms with Crippen molar-refractivity contribution in [2.45, 2.75) is 27.2 Å². The Kier molecular flexibility index (Phi) is 5.88. The van der Waals surface area contributed by atoms with E-state index < -0.39 is 10.9 Å². The number of nitrogens with zero attached hydrogens (tertiary/aromatic N) is 2. The van der Waals surface area contributed by atoms with E-state index in [0.29, 0.717) is 44.0 Å². The molecule has 0 aliphatic carbocycles. The third-order valence-corrected chi connectivity index (χ3v) is 5.57. The number of fused-ring (bicyclic) bond motifs is 1. The van der Waals surface area contributed by atoms with Crippen LogP contribution in [0.4, 0.5) is 5.69 Å². The number of nitrogens with one attached hydrogen (secondary N) is 1. The molecule has 0 saturated heterocycles. The molecule has 0 atom stereocenters. The van der Waals surface area contributed by atoms with Crippen molar-refractivity contribution in [2.24, 2.45) is 0 Å². The van der Waals surface area contributed by atoms with Crippen molar-refractivity contribution in [3.8, 4) is 0 Å². The quantitative estimate of drug-likeness (QED) is 0.369. The second kappa shape index (κ2) is 8.36. The predicted molar refractivity (Wildman–Crippen MR) is 112 cm³/mol. The second-order valence-corrected chi connectivity index (χ2v) is 7.24. The van der Waals surface area contributed by atoms with Crippen molar-refractivity contribution >= 4 is 45.4 Å². The van der Waals surface area contributed by atoms with Crippen molar-refractivity contribution in [2.75, 3.05) is 6.61 Å². The molecule has 0 bridgehead atoms. The van der Waals surface area contributed by atoms with E-state index in [1.807, 2.05) is 6.92 Å². The summed E-state index contributed by atoms with van der Waals surface area (Å²) in [6.07, 6.45) is 3.78. The minimum Gasteiger partial charge on any atom is -0.462 e. The summed E-state index contributed by atoms with van der Waals surface area (Å²) in [7, 11) is 0. The van der Waals surface area contributed by atoms with Gasteiger partial charge in [-0.3, -0.25) is 14.9 Å². The molecule has 2 heterocycles. The number of carbonyl (C=O) groups excluding carboxylic acids is 1. The zero-order valence-electron chi connectivity index (χ0n) is 16.1. The minimum absolute atomic E-state index is 0.0551. The number of thiophene rings is 1. The first kappa shape index (κ1) is 20.4. The van der Waals surface area contributed by atoms with Gasteiger partial charge in [-0.25, -0.2) is 9.78 Å². The first-order valence-electron chi connectivity index (χ1n) is 9.01. The van der Waals surface area contributed by atoms with Crippen molar-refractivity contribution in [3.63, 3.8) is 0 Å². The van der Waals surface area contributed by atoms with E-state index in [0.717, 1.165) is 11.3 Å². The van der Waals surface area contributed by atoms with E-state index in [1.165, 1.54) is 6.07 Å². The lowest BCUT2D eigenvalue weighted by atomic mass is 10.1.